The average molecular weight is 322 g/mol. The Morgan fingerprint density at radius 3 is 2.59 bits per heavy atom. The van der Waals surface area contributed by atoms with Crippen molar-refractivity contribution in [3.63, 3.8) is 0 Å². The molecule has 96 valence electrons. The van der Waals surface area contributed by atoms with E-state index in [2.05, 4.69) is 26.2 Å². The molecule has 1 heterocycles. The van der Waals surface area contributed by atoms with Crippen LogP contribution in [0.1, 0.15) is 13.8 Å². The maximum absolute atomic E-state index is 11.5. The van der Waals surface area contributed by atoms with Crippen molar-refractivity contribution in [1.29, 1.82) is 0 Å². The van der Waals surface area contributed by atoms with Crippen molar-refractivity contribution in [3.8, 4) is 0 Å². The fourth-order valence-corrected chi connectivity index (χ4v) is 1.85. The van der Waals surface area contributed by atoms with Gasteiger partial charge in [0.15, 0.2) is 9.84 Å². The minimum absolute atomic E-state index is 0.279. The standard InChI is InChI=1S/C10H16BrN3O2S/c1-10(2,17(3,15)16)6-14-9-8(11)4-7(12)5-13-9/h4-5H,6,12H2,1-3H3,(H,13,14). The van der Waals surface area contributed by atoms with Gasteiger partial charge in [-0.15, -0.1) is 0 Å². The maximum Gasteiger partial charge on any atom is 0.154 e. The Balaban J connectivity index is 2.81. The highest BCUT2D eigenvalue weighted by Crippen LogP contribution is 2.23. The molecule has 0 aliphatic heterocycles. The quantitative estimate of drug-likeness (QED) is 0.881. The summed E-state index contributed by atoms with van der Waals surface area (Å²) in [6, 6.07) is 1.71. The number of nitrogens with zero attached hydrogens (tertiary/aromatic N) is 1. The molecule has 5 nitrogen and oxygen atoms in total. The highest BCUT2D eigenvalue weighted by molar-refractivity contribution is 9.10. The van der Waals surface area contributed by atoms with Gasteiger partial charge in [-0.25, -0.2) is 13.4 Å². The molecule has 0 amide bonds. The molecule has 0 aromatic carbocycles. The summed E-state index contributed by atoms with van der Waals surface area (Å²) in [5.74, 6) is 0.580. The Bertz CT molecular complexity index is 514. The predicted molar refractivity (Wildman–Crippen MR) is 73.8 cm³/mol. The molecule has 1 aromatic heterocycles. The molecule has 0 aliphatic rings. The average Bonchev–Trinajstić information content (AvgIpc) is 2.14. The van der Waals surface area contributed by atoms with Gasteiger partial charge in [-0.3, -0.25) is 0 Å². The van der Waals surface area contributed by atoms with E-state index in [0.717, 1.165) is 0 Å². The zero-order valence-corrected chi connectivity index (χ0v) is 12.4. The van der Waals surface area contributed by atoms with Crippen LogP contribution in [0, 0.1) is 0 Å². The van der Waals surface area contributed by atoms with E-state index in [1.165, 1.54) is 12.5 Å². The SMILES string of the molecule is CC(C)(CNc1ncc(N)cc1Br)S(C)(=O)=O. The monoisotopic (exact) mass is 321 g/mol. The van der Waals surface area contributed by atoms with E-state index in [4.69, 9.17) is 5.73 Å². The Hall–Kier alpha value is -0.820. The van der Waals surface area contributed by atoms with Gasteiger partial charge in [0.2, 0.25) is 0 Å². The number of aromatic nitrogens is 1. The van der Waals surface area contributed by atoms with Gasteiger partial charge in [-0.1, -0.05) is 0 Å². The van der Waals surface area contributed by atoms with E-state index >= 15 is 0 Å². The molecule has 0 fully saturated rings. The second-order valence-electron chi connectivity index (χ2n) is 4.48. The van der Waals surface area contributed by atoms with E-state index in [9.17, 15) is 8.42 Å². The molecule has 1 aromatic rings. The molecule has 0 atom stereocenters. The Labute approximate surface area is 110 Å². The van der Waals surface area contributed by atoms with Crippen molar-refractivity contribution < 1.29 is 8.42 Å². The number of sulfone groups is 1. The molecule has 1 rings (SSSR count). The van der Waals surface area contributed by atoms with Crippen molar-refractivity contribution >= 4 is 37.3 Å². The van der Waals surface area contributed by atoms with E-state index in [0.29, 0.717) is 16.0 Å². The van der Waals surface area contributed by atoms with E-state index in [-0.39, 0.29) is 6.54 Å². The first-order chi connectivity index (χ1) is 7.63. The first-order valence-electron chi connectivity index (χ1n) is 4.98. The lowest BCUT2D eigenvalue weighted by atomic mass is 10.2. The summed E-state index contributed by atoms with van der Waals surface area (Å²) < 4.78 is 22.9. The lowest BCUT2D eigenvalue weighted by Crippen LogP contribution is -2.38. The van der Waals surface area contributed by atoms with Crippen LogP contribution in [0.25, 0.3) is 0 Å². The first kappa shape index (κ1) is 14.2. The minimum atomic E-state index is -3.12. The number of nitrogen functional groups attached to an aromatic ring is 1. The summed E-state index contributed by atoms with van der Waals surface area (Å²) in [4.78, 5) is 4.09. The third kappa shape index (κ3) is 3.57. The fraction of sp³-hybridized carbons (Fsp3) is 0.500. The first-order valence-corrected chi connectivity index (χ1v) is 7.66. The normalized spacial score (nSPS) is 12.5. The molecule has 0 unspecified atom stereocenters. The molecule has 17 heavy (non-hydrogen) atoms. The summed E-state index contributed by atoms with van der Waals surface area (Å²) in [5, 5.41) is 2.99. The lowest BCUT2D eigenvalue weighted by Gasteiger charge is -2.23. The Morgan fingerprint density at radius 1 is 1.53 bits per heavy atom. The summed E-state index contributed by atoms with van der Waals surface area (Å²) in [6.45, 7) is 3.61. The molecule has 7 heteroatoms. The van der Waals surface area contributed by atoms with E-state index < -0.39 is 14.6 Å². The molecule has 0 saturated carbocycles. The van der Waals surface area contributed by atoms with Crippen LogP contribution in [0.2, 0.25) is 0 Å². The number of halogens is 1. The number of rotatable bonds is 4. The number of hydrogen-bond acceptors (Lipinski definition) is 5. The summed E-state index contributed by atoms with van der Waals surface area (Å²) in [6.07, 6.45) is 2.74. The van der Waals surface area contributed by atoms with Crippen molar-refractivity contribution in [2.45, 2.75) is 18.6 Å². The zero-order chi connectivity index (χ0) is 13.3. The van der Waals surface area contributed by atoms with Crippen molar-refractivity contribution in [2.24, 2.45) is 0 Å². The smallest absolute Gasteiger partial charge is 0.154 e. The lowest BCUT2D eigenvalue weighted by molar-refractivity contribution is 0.559. The van der Waals surface area contributed by atoms with Crippen molar-refractivity contribution in [3.05, 3.63) is 16.7 Å². The summed E-state index contributed by atoms with van der Waals surface area (Å²) >= 11 is 3.31. The van der Waals surface area contributed by atoms with Gasteiger partial charge in [0.25, 0.3) is 0 Å². The van der Waals surface area contributed by atoms with Crippen molar-refractivity contribution in [2.75, 3.05) is 23.9 Å². The van der Waals surface area contributed by atoms with Crippen LogP contribution in [0.15, 0.2) is 16.7 Å². The van der Waals surface area contributed by atoms with E-state index in [1.54, 1.807) is 19.9 Å². The second kappa shape index (κ2) is 4.81. The number of hydrogen-bond donors (Lipinski definition) is 2. The predicted octanol–water partition coefficient (Wildman–Crippen LogP) is 1.66. The van der Waals surface area contributed by atoms with Crippen LogP contribution in [-0.4, -0.2) is 30.9 Å². The Morgan fingerprint density at radius 2 is 2.12 bits per heavy atom. The van der Waals surface area contributed by atoms with Crippen LogP contribution < -0.4 is 11.1 Å². The third-order valence-corrected chi connectivity index (χ3v) is 5.30. The van der Waals surface area contributed by atoms with Gasteiger partial charge in [-0.2, -0.15) is 0 Å². The number of pyridine rings is 1. The number of anilines is 2. The highest BCUT2D eigenvalue weighted by atomic mass is 79.9. The van der Waals surface area contributed by atoms with Gasteiger partial charge in [0.1, 0.15) is 5.82 Å². The van der Waals surface area contributed by atoms with Crippen molar-refractivity contribution in [1.82, 2.24) is 4.98 Å². The topological polar surface area (TPSA) is 85.1 Å². The maximum atomic E-state index is 11.5. The van der Waals surface area contributed by atoms with E-state index in [1.807, 2.05) is 0 Å². The van der Waals surface area contributed by atoms with Gasteiger partial charge in [0, 0.05) is 12.8 Å². The summed E-state index contributed by atoms with van der Waals surface area (Å²) in [7, 11) is -3.12. The van der Waals surface area contributed by atoms with Crippen LogP contribution in [0.3, 0.4) is 0 Å². The van der Waals surface area contributed by atoms with Gasteiger partial charge in [0.05, 0.1) is 21.1 Å². The van der Waals surface area contributed by atoms with Gasteiger partial charge < -0.3 is 11.1 Å². The van der Waals surface area contributed by atoms with Crippen LogP contribution in [-0.2, 0) is 9.84 Å². The highest BCUT2D eigenvalue weighted by Gasteiger charge is 2.30. The Kier molecular flexibility index (Phi) is 4.03. The summed E-state index contributed by atoms with van der Waals surface area (Å²) in [5.41, 5.74) is 6.11. The second-order valence-corrected chi connectivity index (χ2v) is 7.99. The fourth-order valence-electron chi connectivity index (χ4n) is 1.01. The molecule has 3 N–H and O–H groups in total. The number of nitrogens with two attached hydrogens (primary N) is 1. The van der Waals surface area contributed by atoms with Crippen LogP contribution >= 0.6 is 15.9 Å². The van der Waals surface area contributed by atoms with Gasteiger partial charge >= 0.3 is 0 Å². The zero-order valence-electron chi connectivity index (χ0n) is 9.99. The number of nitrogens with one attached hydrogen (secondary N) is 1. The third-order valence-electron chi connectivity index (χ3n) is 2.55. The molecular weight excluding hydrogens is 306 g/mol. The molecule has 0 spiro atoms. The molecule has 0 saturated heterocycles. The van der Waals surface area contributed by atoms with Crippen LogP contribution in [0.4, 0.5) is 11.5 Å². The largest absolute Gasteiger partial charge is 0.397 e. The van der Waals surface area contributed by atoms with Gasteiger partial charge in [-0.05, 0) is 35.8 Å². The minimum Gasteiger partial charge on any atom is -0.397 e. The molecule has 0 aliphatic carbocycles. The van der Waals surface area contributed by atoms with Crippen LogP contribution in [0.5, 0.6) is 0 Å². The molecule has 0 bridgehead atoms. The molecule has 0 radical (unpaired) electrons. The molecular formula is C10H16BrN3O2S.